The summed E-state index contributed by atoms with van der Waals surface area (Å²) in [5, 5.41) is 0. The molecule has 2 aromatic rings. The van der Waals surface area contributed by atoms with Crippen LogP contribution >= 0.6 is 0 Å². The van der Waals surface area contributed by atoms with Crippen molar-refractivity contribution in [2.75, 3.05) is 4.72 Å². The summed E-state index contributed by atoms with van der Waals surface area (Å²) in [7, 11) is -4.16. The van der Waals surface area contributed by atoms with Gasteiger partial charge in [-0.15, -0.1) is 0 Å². The number of anilines is 1. The molecule has 0 fully saturated rings. The molecule has 2 aromatic carbocycles. The van der Waals surface area contributed by atoms with Crippen LogP contribution in [0.15, 0.2) is 53.4 Å². The summed E-state index contributed by atoms with van der Waals surface area (Å²) < 4.78 is 64.8. The van der Waals surface area contributed by atoms with Gasteiger partial charge >= 0.3 is 6.18 Å². The molecule has 0 bridgehead atoms. The minimum absolute atomic E-state index is 0.0711. The fourth-order valence-electron chi connectivity index (χ4n) is 1.98. The maximum atomic E-state index is 12.7. The second kappa shape index (κ2) is 7.66. The lowest BCUT2D eigenvalue weighted by Crippen LogP contribution is -2.40. The van der Waals surface area contributed by atoms with E-state index in [1.54, 1.807) is 0 Å². The number of halogens is 3. The molecule has 0 heterocycles. The first-order valence-corrected chi connectivity index (χ1v) is 8.84. The predicted octanol–water partition coefficient (Wildman–Crippen LogP) is 2.29. The van der Waals surface area contributed by atoms with Crippen LogP contribution in [0.5, 0.6) is 0 Å². The highest BCUT2D eigenvalue weighted by molar-refractivity contribution is 7.92. The number of nitrogens with one attached hydrogen (secondary N) is 3. The largest absolute Gasteiger partial charge is 0.416 e. The molecule has 0 saturated carbocycles. The molecule has 0 aliphatic heterocycles. The van der Waals surface area contributed by atoms with E-state index in [0.717, 1.165) is 24.3 Å². The number of sulfonamides is 1. The van der Waals surface area contributed by atoms with Crippen molar-refractivity contribution in [3.05, 3.63) is 59.7 Å². The van der Waals surface area contributed by atoms with Gasteiger partial charge in [-0.2, -0.15) is 13.2 Å². The normalized spacial score (nSPS) is 11.6. The SMILES string of the molecule is CC(=O)NNC(=O)c1ccc(S(=O)(=O)Nc2cccc(C(F)(F)F)c2)cc1. The number of hydrogen-bond donors (Lipinski definition) is 3. The van der Waals surface area contributed by atoms with Crippen molar-refractivity contribution < 1.29 is 31.2 Å². The van der Waals surface area contributed by atoms with Crippen LogP contribution < -0.4 is 15.6 Å². The molecule has 3 N–H and O–H groups in total. The Labute approximate surface area is 152 Å². The molecule has 0 saturated heterocycles. The molecule has 0 atom stereocenters. The number of amides is 2. The molecule has 2 rings (SSSR count). The Kier molecular flexibility index (Phi) is 5.74. The molecule has 0 aliphatic rings. The van der Waals surface area contributed by atoms with Crippen molar-refractivity contribution >= 4 is 27.5 Å². The predicted molar refractivity (Wildman–Crippen MR) is 90.0 cm³/mol. The van der Waals surface area contributed by atoms with Crippen molar-refractivity contribution in [3.8, 4) is 0 Å². The number of alkyl halides is 3. The molecule has 0 radical (unpaired) electrons. The van der Waals surface area contributed by atoms with Gasteiger partial charge in [-0.05, 0) is 42.5 Å². The number of carbonyl (C=O) groups is 2. The summed E-state index contributed by atoms with van der Waals surface area (Å²) in [5.41, 5.74) is 3.01. The Hall–Kier alpha value is -3.08. The van der Waals surface area contributed by atoms with Crippen LogP contribution in [0.3, 0.4) is 0 Å². The van der Waals surface area contributed by atoms with Crippen LogP contribution in [-0.2, 0) is 21.0 Å². The molecule has 0 spiro atoms. The van der Waals surface area contributed by atoms with Crippen LogP contribution in [0.4, 0.5) is 18.9 Å². The van der Waals surface area contributed by atoms with E-state index >= 15 is 0 Å². The van der Waals surface area contributed by atoms with Gasteiger partial charge < -0.3 is 0 Å². The van der Waals surface area contributed by atoms with Crippen molar-refractivity contribution in [2.45, 2.75) is 18.0 Å². The third-order valence-corrected chi connectivity index (χ3v) is 4.62. The van der Waals surface area contributed by atoms with E-state index in [1.807, 2.05) is 0 Å². The summed E-state index contributed by atoms with van der Waals surface area (Å²) >= 11 is 0. The number of hydrogen-bond acceptors (Lipinski definition) is 4. The van der Waals surface area contributed by atoms with Crippen molar-refractivity contribution in [1.82, 2.24) is 10.9 Å². The van der Waals surface area contributed by atoms with Gasteiger partial charge in [0.2, 0.25) is 5.91 Å². The number of benzene rings is 2. The van der Waals surface area contributed by atoms with Crippen LogP contribution in [0.1, 0.15) is 22.8 Å². The number of carbonyl (C=O) groups excluding carboxylic acids is 2. The number of rotatable bonds is 4. The van der Waals surface area contributed by atoms with Gasteiger partial charge in [-0.1, -0.05) is 6.07 Å². The van der Waals surface area contributed by atoms with Gasteiger partial charge in [0.1, 0.15) is 0 Å². The van der Waals surface area contributed by atoms with Crippen molar-refractivity contribution in [3.63, 3.8) is 0 Å². The maximum absolute atomic E-state index is 12.7. The zero-order chi connectivity index (χ0) is 20.2. The highest BCUT2D eigenvalue weighted by Gasteiger charge is 2.30. The summed E-state index contributed by atoms with van der Waals surface area (Å²) in [5.74, 6) is -1.16. The summed E-state index contributed by atoms with van der Waals surface area (Å²) in [6.07, 6.45) is -4.61. The third-order valence-electron chi connectivity index (χ3n) is 3.22. The van der Waals surface area contributed by atoms with Crippen molar-refractivity contribution in [1.29, 1.82) is 0 Å². The molecule has 27 heavy (non-hydrogen) atoms. The van der Waals surface area contributed by atoms with Gasteiger partial charge in [0.25, 0.3) is 15.9 Å². The first kappa shape index (κ1) is 20.2. The summed E-state index contributed by atoms with van der Waals surface area (Å²) in [6, 6.07) is 8.36. The number of hydrazine groups is 1. The van der Waals surface area contributed by atoms with E-state index in [2.05, 4.69) is 15.6 Å². The molecule has 0 aromatic heterocycles. The van der Waals surface area contributed by atoms with E-state index in [4.69, 9.17) is 0 Å². The molecule has 0 unspecified atom stereocenters. The molecule has 144 valence electrons. The fraction of sp³-hybridized carbons (Fsp3) is 0.125. The minimum Gasteiger partial charge on any atom is -0.280 e. The first-order chi connectivity index (χ1) is 12.5. The second-order valence-electron chi connectivity index (χ2n) is 5.34. The lowest BCUT2D eigenvalue weighted by atomic mass is 10.2. The average molecular weight is 401 g/mol. The Morgan fingerprint density at radius 1 is 0.963 bits per heavy atom. The van der Waals surface area contributed by atoms with Gasteiger partial charge in [-0.25, -0.2) is 8.42 Å². The standard InChI is InChI=1S/C16H14F3N3O4S/c1-10(23)20-21-15(24)11-5-7-14(8-6-11)27(25,26)22-13-4-2-3-12(9-13)16(17,18)19/h2-9,22H,1H3,(H,20,23)(H,21,24). The van der Waals surface area contributed by atoms with Crippen LogP contribution in [0, 0.1) is 0 Å². The van der Waals surface area contributed by atoms with Crippen LogP contribution in [0.2, 0.25) is 0 Å². The highest BCUT2D eigenvalue weighted by Crippen LogP contribution is 2.31. The smallest absolute Gasteiger partial charge is 0.280 e. The zero-order valence-corrected chi connectivity index (χ0v) is 14.6. The quantitative estimate of drug-likeness (QED) is 0.684. The Morgan fingerprint density at radius 2 is 1.59 bits per heavy atom. The monoisotopic (exact) mass is 401 g/mol. The molecule has 0 aliphatic carbocycles. The molecular weight excluding hydrogens is 387 g/mol. The van der Waals surface area contributed by atoms with Gasteiger partial charge in [0.15, 0.2) is 0 Å². The molecule has 11 heteroatoms. The summed E-state index contributed by atoms with van der Waals surface area (Å²) in [4.78, 5) is 22.2. The van der Waals surface area contributed by atoms with E-state index < -0.39 is 33.6 Å². The average Bonchev–Trinajstić information content (AvgIpc) is 2.59. The van der Waals surface area contributed by atoms with E-state index in [-0.39, 0.29) is 16.1 Å². The van der Waals surface area contributed by atoms with E-state index in [1.165, 1.54) is 25.1 Å². The van der Waals surface area contributed by atoms with E-state index in [0.29, 0.717) is 6.07 Å². The summed E-state index contributed by atoms with van der Waals surface area (Å²) in [6.45, 7) is 1.19. The highest BCUT2D eigenvalue weighted by atomic mass is 32.2. The Bertz CT molecular complexity index is 958. The topological polar surface area (TPSA) is 104 Å². The fourth-order valence-corrected chi connectivity index (χ4v) is 3.03. The second-order valence-corrected chi connectivity index (χ2v) is 7.03. The first-order valence-electron chi connectivity index (χ1n) is 7.36. The molecule has 7 nitrogen and oxygen atoms in total. The lowest BCUT2D eigenvalue weighted by molar-refractivity contribution is -0.137. The minimum atomic E-state index is -4.61. The van der Waals surface area contributed by atoms with Crippen LogP contribution in [0.25, 0.3) is 0 Å². The zero-order valence-electron chi connectivity index (χ0n) is 13.8. The van der Waals surface area contributed by atoms with Gasteiger partial charge in [0.05, 0.1) is 10.5 Å². The third kappa shape index (κ3) is 5.45. The maximum Gasteiger partial charge on any atom is 0.416 e. The van der Waals surface area contributed by atoms with E-state index in [9.17, 15) is 31.2 Å². The van der Waals surface area contributed by atoms with Gasteiger partial charge in [0, 0.05) is 18.2 Å². The molecular formula is C16H14F3N3O4S. The molecule has 2 amide bonds. The Balaban J connectivity index is 2.17. The van der Waals surface area contributed by atoms with Crippen molar-refractivity contribution in [2.24, 2.45) is 0 Å². The Morgan fingerprint density at radius 3 is 2.15 bits per heavy atom. The van der Waals surface area contributed by atoms with Gasteiger partial charge in [-0.3, -0.25) is 25.2 Å². The van der Waals surface area contributed by atoms with Crippen LogP contribution in [-0.4, -0.2) is 20.2 Å². The lowest BCUT2D eigenvalue weighted by Gasteiger charge is -2.11.